The fraction of sp³-hybridized carbons (Fsp3) is 0.611. The molecule has 132 valence electrons. The third-order valence-corrected chi connectivity index (χ3v) is 5.01. The van der Waals surface area contributed by atoms with Gasteiger partial charge in [-0.15, -0.1) is 11.3 Å². The number of nitrogens with zero attached hydrogens (tertiary/aromatic N) is 3. The Morgan fingerprint density at radius 3 is 2.58 bits per heavy atom. The van der Waals surface area contributed by atoms with Gasteiger partial charge >= 0.3 is 0 Å². The number of aromatic nitrogens is 3. The van der Waals surface area contributed by atoms with Crippen molar-refractivity contribution in [3.63, 3.8) is 0 Å². The fourth-order valence-electron chi connectivity index (χ4n) is 2.67. The summed E-state index contributed by atoms with van der Waals surface area (Å²) in [7, 11) is 0. The molecule has 1 unspecified atom stereocenters. The SMILES string of the molecule is Cc1cc(C)n(CC(C)CNC(=O)c2sc(CC(C)C)nc2C)n1. The van der Waals surface area contributed by atoms with Gasteiger partial charge in [0, 0.05) is 25.2 Å². The van der Waals surface area contributed by atoms with Crippen LogP contribution in [0.5, 0.6) is 0 Å². The second-order valence-corrected chi connectivity index (χ2v) is 8.13. The quantitative estimate of drug-likeness (QED) is 0.833. The van der Waals surface area contributed by atoms with Crippen LogP contribution < -0.4 is 5.32 Å². The first-order valence-electron chi connectivity index (χ1n) is 8.51. The molecule has 0 aliphatic carbocycles. The molecule has 24 heavy (non-hydrogen) atoms. The van der Waals surface area contributed by atoms with Gasteiger partial charge in [0.05, 0.1) is 16.4 Å². The number of nitrogens with one attached hydrogen (secondary N) is 1. The van der Waals surface area contributed by atoms with Gasteiger partial charge in [-0.25, -0.2) is 4.98 Å². The Bertz CT molecular complexity index is 702. The van der Waals surface area contributed by atoms with Gasteiger partial charge in [-0.05, 0) is 38.7 Å². The average molecular weight is 349 g/mol. The second-order valence-electron chi connectivity index (χ2n) is 7.04. The molecule has 2 aromatic rings. The summed E-state index contributed by atoms with van der Waals surface area (Å²) < 4.78 is 2.00. The minimum atomic E-state index is -0.0137. The molecule has 2 aromatic heterocycles. The molecule has 0 fully saturated rings. The lowest BCUT2D eigenvalue weighted by atomic mass is 10.1. The van der Waals surface area contributed by atoms with Crippen LogP contribution in [-0.2, 0) is 13.0 Å². The Kier molecular flexibility index (Phi) is 6.15. The number of amides is 1. The molecule has 0 radical (unpaired) electrons. The summed E-state index contributed by atoms with van der Waals surface area (Å²) in [6, 6.07) is 2.07. The lowest BCUT2D eigenvalue weighted by Crippen LogP contribution is -2.30. The van der Waals surface area contributed by atoms with Gasteiger partial charge in [0.2, 0.25) is 0 Å². The monoisotopic (exact) mass is 348 g/mol. The standard InChI is InChI=1S/C18H28N4OS/c1-11(2)7-16-20-15(6)17(24-16)18(23)19-9-12(3)10-22-14(5)8-13(4)21-22/h8,11-12H,7,9-10H2,1-6H3,(H,19,23). The van der Waals surface area contributed by atoms with Gasteiger partial charge in [-0.3, -0.25) is 9.48 Å². The van der Waals surface area contributed by atoms with Gasteiger partial charge in [0.1, 0.15) is 4.88 Å². The van der Waals surface area contributed by atoms with Crippen molar-refractivity contribution >= 4 is 17.2 Å². The van der Waals surface area contributed by atoms with E-state index in [9.17, 15) is 4.79 Å². The summed E-state index contributed by atoms with van der Waals surface area (Å²) >= 11 is 1.52. The molecule has 0 aromatic carbocycles. The van der Waals surface area contributed by atoms with Gasteiger partial charge < -0.3 is 5.32 Å². The second kappa shape index (κ2) is 7.92. The lowest BCUT2D eigenvalue weighted by Gasteiger charge is -2.13. The van der Waals surface area contributed by atoms with Crippen LogP contribution in [0.4, 0.5) is 0 Å². The van der Waals surface area contributed by atoms with Crippen LogP contribution in [0.2, 0.25) is 0 Å². The van der Waals surface area contributed by atoms with Crippen molar-refractivity contribution < 1.29 is 4.79 Å². The summed E-state index contributed by atoms with van der Waals surface area (Å²) in [5.41, 5.74) is 3.02. The topological polar surface area (TPSA) is 59.8 Å². The average Bonchev–Trinajstić information content (AvgIpc) is 2.98. The van der Waals surface area contributed by atoms with Crippen LogP contribution in [0.3, 0.4) is 0 Å². The zero-order valence-electron chi connectivity index (χ0n) is 15.5. The molecule has 1 atom stereocenters. The Hall–Kier alpha value is -1.69. The van der Waals surface area contributed by atoms with Crippen LogP contribution in [0.25, 0.3) is 0 Å². The summed E-state index contributed by atoms with van der Waals surface area (Å²) in [4.78, 5) is 17.7. The van der Waals surface area contributed by atoms with E-state index >= 15 is 0 Å². The minimum absolute atomic E-state index is 0.0137. The van der Waals surface area contributed by atoms with E-state index in [0.717, 1.165) is 39.9 Å². The molecule has 1 amide bonds. The summed E-state index contributed by atoms with van der Waals surface area (Å²) in [6.07, 6.45) is 0.924. The minimum Gasteiger partial charge on any atom is -0.351 e. The first kappa shape index (κ1) is 18.6. The van der Waals surface area contributed by atoms with E-state index in [0.29, 0.717) is 18.4 Å². The van der Waals surface area contributed by atoms with E-state index in [-0.39, 0.29) is 5.91 Å². The van der Waals surface area contributed by atoms with Crippen molar-refractivity contribution in [2.24, 2.45) is 11.8 Å². The molecule has 0 saturated heterocycles. The number of thiazole rings is 1. The van der Waals surface area contributed by atoms with Crippen molar-refractivity contribution in [2.45, 2.75) is 54.5 Å². The van der Waals surface area contributed by atoms with Crippen molar-refractivity contribution in [1.82, 2.24) is 20.1 Å². The van der Waals surface area contributed by atoms with Crippen LogP contribution >= 0.6 is 11.3 Å². The molecule has 1 N–H and O–H groups in total. The van der Waals surface area contributed by atoms with E-state index in [1.54, 1.807) is 0 Å². The number of carbonyl (C=O) groups excluding carboxylic acids is 1. The van der Waals surface area contributed by atoms with E-state index in [4.69, 9.17) is 0 Å². The van der Waals surface area contributed by atoms with Crippen LogP contribution in [0, 0.1) is 32.6 Å². The maximum Gasteiger partial charge on any atom is 0.263 e. The summed E-state index contributed by atoms with van der Waals surface area (Å²) in [6.45, 7) is 13.9. The van der Waals surface area contributed by atoms with E-state index in [1.807, 2.05) is 18.5 Å². The maximum atomic E-state index is 12.4. The molecule has 2 heterocycles. The van der Waals surface area contributed by atoms with Crippen molar-refractivity contribution in [2.75, 3.05) is 6.54 Å². The third-order valence-electron chi connectivity index (χ3n) is 3.83. The summed E-state index contributed by atoms with van der Waals surface area (Å²) in [5.74, 6) is 0.850. The predicted molar refractivity (Wildman–Crippen MR) is 98.6 cm³/mol. The van der Waals surface area contributed by atoms with Gasteiger partial charge in [-0.1, -0.05) is 20.8 Å². The molecule has 0 spiro atoms. The zero-order valence-corrected chi connectivity index (χ0v) is 16.3. The first-order chi connectivity index (χ1) is 11.3. The van der Waals surface area contributed by atoms with Gasteiger partial charge in [-0.2, -0.15) is 5.10 Å². The predicted octanol–water partition coefficient (Wildman–Crippen LogP) is 3.53. The molecular formula is C18H28N4OS. The van der Waals surface area contributed by atoms with Crippen molar-refractivity contribution in [3.8, 4) is 0 Å². The smallest absolute Gasteiger partial charge is 0.263 e. The Labute approximate surface area is 148 Å². The fourth-order valence-corrected chi connectivity index (χ4v) is 3.86. The Morgan fingerprint density at radius 2 is 2.00 bits per heavy atom. The van der Waals surface area contributed by atoms with Crippen molar-refractivity contribution in [1.29, 1.82) is 0 Å². The Balaban J connectivity index is 1.90. The molecule has 6 heteroatoms. The van der Waals surface area contributed by atoms with Crippen LogP contribution in [0.15, 0.2) is 6.07 Å². The highest BCUT2D eigenvalue weighted by atomic mass is 32.1. The molecule has 2 rings (SSSR count). The van der Waals surface area contributed by atoms with Gasteiger partial charge in [0.15, 0.2) is 0 Å². The zero-order chi connectivity index (χ0) is 17.9. The van der Waals surface area contributed by atoms with Gasteiger partial charge in [0.25, 0.3) is 5.91 Å². The normalized spacial score (nSPS) is 12.6. The van der Waals surface area contributed by atoms with E-state index < -0.39 is 0 Å². The molecule has 0 saturated carbocycles. The van der Waals surface area contributed by atoms with E-state index in [2.05, 4.69) is 49.2 Å². The van der Waals surface area contributed by atoms with E-state index in [1.165, 1.54) is 11.3 Å². The maximum absolute atomic E-state index is 12.4. The number of rotatable bonds is 7. The number of carbonyl (C=O) groups is 1. The molecule has 0 aliphatic rings. The molecule has 0 aliphatic heterocycles. The highest BCUT2D eigenvalue weighted by Gasteiger charge is 2.17. The molecule has 0 bridgehead atoms. The van der Waals surface area contributed by atoms with Crippen LogP contribution in [0.1, 0.15) is 52.5 Å². The molecular weight excluding hydrogens is 320 g/mol. The number of hydrogen-bond acceptors (Lipinski definition) is 4. The summed E-state index contributed by atoms with van der Waals surface area (Å²) in [5, 5.41) is 8.56. The van der Waals surface area contributed by atoms with Crippen LogP contribution in [-0.4, -0.2) is 27.2 Å². The third kappa shape index (κ3) is 4.90. The molecule has 5 nitrogen and oxygen atoms in total. The number of aryl methyl sites for hydroxylation is 3. The highest BCUT2D eigenvalue weighted by Crippen LogP contribution is 2.20. The highest BCUT2D eigenvalue weighted by molar-refractivity contribution is 7.13. The Morgan fingerprint density at radius 1 is 1.29 bits per heavy atom. The largest absolute Gasteiger partial charge is 0.351 e. The lowest BCUT2D eigenvalue weighted by molar-refractivity contribution is 0.0950. The van der Waals surface area contributed by atoms with Crippen molar-refractivity contribution in [3.05, 3.63) is 33.0 Å². The number of hydrogen-bond donors (Lipinski definition) is 1. The first-order valence-corrected chi connectivity index (χ1v) is 9.33.